The van der Waals surface area contributed by atoms with Gasteiger partial charge < -0.3 is 20.6 Å². The topological polar surface area (TPSA) is 107 Å². The van der Waals surface area contributed by atoms with Gasteiger partial charge in [-0.1, -0.05) is 0 Å². The van der Waals surface area contributed by atoms with E-state index < -0.39 is 11.9 Å². The zero-order valence-corrected chi connectivity index (χ0v) is 11.1. The Morgan fingerprint density at radius 3 is 2.33 bits per heavy atom. The summed E-state index contributed by atoms with van der Waals surface area (Å²) in [5, 5.41) is 30.4. The summed E-state index contributed by atoms with van der Waals surface area (Å²) in [5.74, 6) is -2.05. The van der Waals surface area contributed by atoms with Crippen molar-refractivity contribution in [2.75, 3.05) is 5.32 Å². The molecule has 0 bridgehead atoms. The molecule has 0 aliphatic carbocycles. The predicted molar refractivity (Wildman–Crippen MR) is 75.9 cm³/mol. The summed E-state index contributed by atoms with van der Waals surface area (Å²) in [5.41, 5.74) is 0.967. The van der Waals surface area contributed by atoms with Crippen LogP contribution in [0.1, 0.15) is 26.3 Å². The van der Waals surface area contributed by atoms with Crippen LogP contribution in [-0.4, -0.2) is 27.2 Å². The number of benzene rings is 2. The normalized spacial score (nSPS) is 10.1. The molecule has 0 saturated carbocycles. The maximum absolute atomic E-state index is 12.0. The summed E-state index contributed by atoms with van der Waals surface area (Å²) in [7, 11) is 0. The Labute approximate surface area is 120 Å². The second kappa shape index (κ2) is 5.54. The summed E-state index contributed by atoms with van der Waals surface area (Å²) in [6.45, 7) is 1.62. The first-order chi connectivity index (χ1) is 9.88. The molecule has 6 heteroatoms. The van der Waals surface area contributed by atoms with Gasteiger partial charge in [0.2, 0.25) is 0 Å². The number of phenolic OH excluding ortho intramolecular Hbond substituents is 2. The molecule has 0 aromatic heterocycles. The molecule has 2 rings (SSSR count). The highest BCUT2D eigenvalue weighted by Crippen LogP contribution is 2.23. The maximum atomic E-state index is 12.0. The van der Waals surface area contributed by atoms with Crippen LogP contribution in [0.15, 0.2) is 36.4 Å². The molecule has 6 nitrogen and oxygen atoms in total. The number of carboxylic acids is 1. The fraction of sp³-hybridized carbons (Fsp3) is 0.0667. The molecule has 0 atom stereocenters. The van der Waals surface area contributed by atoms with E-state index in [1.165, 1.54) is 30.3 Å². The van der Waals surface area contributed by atoms with Gasteiger partial charge in [-0.25, -0.2) is 4.79 Å². The molecular formula is C15H13NO5. The van der Waals surface area contributed by atoms with E-state index in [-0.39, 0.29) is 22.6 Å². The van der Waals surface area contributed by atoms with Crippen LogP contribution in [-0.2, 0) is 0 Å². The number of aryl methyl sites for hydroxylation is 1. The number of hydrogen-bond donors (Lipinski definition) is 4. The molecule has 21 heavy (non-hydrogen) atoms. The van der Waals surface area contributed by atoms with Crippen LogP contribution in [0.5, 0.6) is 11.5 Å². The highest BCUT2D eigenvalue weighted by molar-refractivity contribution is 6.06. The van der Waals surface area contributed by atoms with E-state index in [1.807, 2.05) is 0 Å². The standard InChI is InChI=1S/C15H13NO5/c1-8-6-9(2-4-11(8)15(20)21)16-14(19)12-7-10(17)3-5-13(12)18/h2-7,17-18H,1H3,(H,16,19)(H,20,21). The predicted octanol–water partition coefficient (Wildman–Crippen LogP) is 2.36. The number of carboxylic acid groups (broad SMARTS) is 1. The Bertz CT molecular complexity index is 724. The van der Waals surface area contributed by atoms with Crippen LogP contribution in [0, 0.1) is 6.92 Å². The lowest BCUT2D eigenvalue weighted by atomic mass is 10.1. The molecule has 0 fully saturated rings. The lowest BCUT2D eigenvalue weighted by Gasteiger charge is -2.09. The number of carbonyl (C=O) groups excluding carboxylic acids is 1. The third kappa shape index (κ3) is 3.11. The van der Waals surface area contributed by atoms with E-state index in [0.29, 0.717) is 11.3 Å². The molecule has 2 aromatic rings. The quantitative estimate of drug-likeness (QED) is 0.648. The summed E-state index contributed by atoms with van der Waals surface area (Å²) in [6, 6.07) is 7.97. The monoisotopic (exact) mass is 287 g/mol. The van der Waals surface area contributed by atoms with Crippen molar-refractivity contribution in [1.29, 1.82) is 0 Å². The Hall–Kier alpha value is -3.02. The minimum absolute atomic E-state index is 0.0741. The third-order valence-corrected chi connectivity index (χ3v) is 2.94. The van der Waals surface area contributed by atoms with Gasteiger partial charge in [0.15, 0.2) is 0 Å². The minimum Gasteiger partial charge on any atom is -0.508 e. The van der Waals surface area contributed by atoms with Crippen LogP contribution in [0.3, 0.4) is 0 Å². The Balaban J connectivity index is 2.26. The smallest absolute Gasteiger partial charge is 0.335 e. The molecule has 4 N–H and O–H groups in total. The van der Waals surface area contributed by atoms with Gasteiger partial charge in [-0.05, 0) is 48.9 Å². The molecule has 0 aliphatic heterocycles. The van der Waals surface area contributed by atoms with Crippen molar-refractivity contribution in [3.8, 4) is 11.5 Å². The number of aromatic carboxylic acids is 1. The average molecular weight is 287 g/mol. The fourth-order valence-corrected chi connectivity index (χ4v) is 1.89. The van der Waals surface area contributed by atoms with E-state index >= 15 is 0 Å². The van der Waals surface area contributed by atoms with Crippen molar-refractivity contribution in [2.45, 2.75) is 6.92 Å². The summed E-state index contributed by atoms with van der Waals surface area (Å²) in [6.07, 6.45) is 0. The van der Waals surface area contributed by atoms with Gasteiger partial charge in [0.1, 0.15) is 11.5 Å². The van der Waals surface area contributed by atoms with Crippen molar-refractivity contribution < 1.29 is 24.9 Å². The third-order valence-electron chi connectivity index (χ3n) is 2.94. The van der Waals surface area contributed by atoms with E-state index in [9.17, 15) is 19.8 Å². The highest BCUT2D eigenvalue weighted by Gasteiger charge is 2.13. The van der Waals surface area contributed by atoms with E-state index in [1.54, 1.807) is 6.92 Å². The van der Waals surface area contributed by atoms with E-state index in [4.69, 9.17) is 5.11 Å². The zero-order chi connectivity index (χ0) is 15.6. The average Bonchev–Trinajstić information content (AvgIpc) is 2.41. The number of carbonyl (C=O) groups is 2. The van der Waals surface area contributed by atoms with Crippen molar-refractivity contribution >= 4 is 17.6 Å². The fourth-order valence-electron chi connectivity index (χ4n) is 1.89. The van der Waals surface area contributed by atoms with Gasteiger partial charge >= 0.3 is 5.97 Å². The van der Waals surface area contributed by atoms with Crippen LogP contribution in [0.2, 0.25) is 0 Å². The highest BCUT2D eigenvalue weighted by atomic mass is 16.4. The maximum Gasteiger partial charge on any atom is 0.335 e. The number of rotatable bonds is 3. The lowest BCUT2D eigenvalue weighted by molar-refractivity contribution is 0.0696. The second-order valence-electron chi connectivity index (χ2n) is 4.49. The molecule has 0 spiro atoms. The van der Waals surface area contributed by atoms with Crippen LogP contribution >= 0.6 is 0 Å². The van der Waals surface area contributed by atoms with E-state index in [2.05, 4.69) is 5.32 Å². The Morgan fingerprint density at radius 1 is 1.00 bits per heavy atom. The number of phenols is 2. The molecule has 0 saturated heterocycles. The number of anilines is 1. The number of hydrogen-bond acceptors (Lipinski definition) is 4. The van der Waals surface area contributed by atoms with Gasteiger partial charge in [0.05, 0.1) is 11.1 Å². The summed E-state index contributed by atoms with van der Waals surface area (Å²) in [4.78, 5) is 22.9. The lowest BCUT2D eigenvalue weighted by Crippen LogP contribution is -2.12. The molecule has 2 aromatic carbocycles. The minimum atomic E-state index is -1.05. The molecular weight excluding hydrogens is 274 g/mol. The number of amides is 1. The van der Waals surface area contributed by atoms with Crippen molar-refractivity contribution in [2.24, 2.45) is 0 Å². The Kier molecular flexibility index (Phi) is 3.80. The first kappa shape index (κ1) is 14.4. The van der Waals surface area contributed by atoms with Gasteiger partial charge in [-0.3, -0.25) is 4.79 Å². The Morgan fingerprint density at radius 2 is 1.71 bits per heavy atom. The van der Waals surface area contributed by atoms with Crippen LogP contribution < -0.4 is 5.32 Å². The first-order valence-corrected chi connectivity index (χ1v) is 6.06. The second-order valence-corrected chi connectivity index (χ2v) is 4.49. The van der Waals surface area contributed by atoms with Crippen LogP contribution in [0.4, 0.5) is 5.69 Å². The SMILES string of the molecule is Cc1cc(NC(=O)c2cc(O)ccc2O)ccc1C(=O)O. The molecule has 1 amide bonds. The van der Waals surface area contributed by atoms with Crippen molar-refractivity contribution in [3.63, 3.8) is 0 Å². The van der Waals surface area contributed by atoms with Gasteiger partial charge in [-0.15, -0.1) is 0 Å². The van der Waals surface area contributed by atoms with Gasteiger partial charge in [0.25, 0.3) is 5.91 Å². The summed E-state index contributed by atoms with van der Waals surface area (Å²) < 4.78 is 0. The first-order valence-electron chi connectivity index (χ1n) is 6.06. The van der Waals surface area contributed by atoms with Gasteiger partial charge in [0, 0.05) is 5.69 Å². The summed E-state index contributed by atoms with van der Waals surface area (Å²) >= 11 is 0. The largest absolute Gasteiger partial charge is 0.508 e. The van der Waals surface area contributed by atoms with Crippen molar-refractivity contribution in [1.82, 2.24) is 0 Å². The number of aromatic hydroxyl groups is 2. The van der Waals surface area contributed by atoms with Crippen molar-refractivity contribution in [3.05, 3.63) is 53.1 Å². The van der Waals surface area contributed by atoms with Gasteiger partial charge in [-0.2, -0.15) is 0 Å². The molecule has 0 radical (unpaired) electrons. The molecule has 0 aliphatic rings. The number of nitrogens with one attached hydrogen (secondary N) is 1. The van der Waals surface area contributed by atoms with Crippen LogP contribution in [0.25, 0.3) is 0 Å². The van der Waals surface area contributed by atoms with E-state index in [0.717, 1.165) is 6.07 Å². The zero-order valence-electron chi connectivity index (χ0n) is 11.1. The molecule has 0 heterocycles. The molecule has 0 unspecified atom stereocenters. The molecule has 108 valence electrons.